The monoisotopic (exact) mass is 193 g/mol. The third-order valence-corrected chi connectivity index (χ3v) is 3.49. The molecule has 0 saturated heterocycles. The predicted octanol–water partition coefficient (Wildman–Crippen LogP) is 4.76. The second kappa shape index (κ2) is 5.58. The molecular weight excluding hydrogens is 168 g/mol. The average Bonchev–Trinajstić information content (AvgIpc) is 2.19. The summed E-state index contributed by atoms with van der Waals surface area (Å²) in [6.07, 6.45) is 15.5. The van der Waals surface area contributed by atoms with Crippen LogP contribution < -0.4 is 0 Å². The summed E-state index contributed by atoms with van der Waals surface area (Å²) in [5, 5.41) is 0. The van der Waals surface area contributed by atoms with Gasteiger partial charge in [0.15, 0.2) is 0 Å². The van der Waals surface area contributed by atoms with Gasteiger partial charge in [-0.1, -0.05) is 58.6 Å². The van der Waals surface area contributed by atoms with Crippen LogP contribution in [0.15, 0.2) is 12.2 Å². The van der Waals surface area contributed by atoms with E-state index in [2.05, 4.69) is 39.3 Å². The SMILES string of the molecule is CCC(C)(C)[CH]/C=C/C1CCCCC1. The van der Waals surface area contributed by atoms with Crippen molar-refractivity contribution in [3.05, 3.63) is 18.6 Å². The molecule has 1 radical (unpaired) electrons. The zero-order valence-electron chi connectivity index (χ0n) is 10.1. The zero-order chi connectivity index (χ0) is 10.4. The summed E-state index contributed by atoms with van der Waals surface area (Å²) in [5.41, 5.74) is 0.380. The van der Waals surface area contributed by atoms with Gasteiger partial charge in [0.1, 0.15) is 0 Å². The fraction of sp³-hybridized carbons (Fsp3) is 0.786. The van der Waals surface area contributed by atoms with Crippen molar-refractivity contribution in [2.24, 2.45) is 11.3 Å². The smallest absolute Gasteiger partial charge is 0.0114 e. The largest absolute Gasteiger partial charge is 0.0851 e. The van der Waals surface area contributed by atoms with E-state index < -0.39 is 0 Å². The lowest BCUT2D eigenvalue weighted by Crippen LogP contribution is -2.09. The Bertz CT molecular complexity index is 170. The normalized spacial score (nSPS) is 20.5. The van der Waals surface area contributed by atoms with E-state index in [1.165, 1.54) is 38.5 Å². The molecule has 0 N–H and O–H groups in total. The van der Waals surface area contributed by atoms with Gasteiger partial charge in [0.2, 0.25) is 0 Å². The van der Waals surface area contributed by atoms with Gasteiger partial charge in [-0.3, -0.25) is 0 Å². The molecule has 14 heavy (non-hydrogen) atoms. The first-order chi connectivity index (χ1) is 6.64. The molecule has 1 aliphatic rings. The van der Waals surface area contributed by atoms with Gasteiger partial charge in [0.25, 0.3) is 0 Å². The van der Waals surface area contributed by atoms with Crippen LogP contribution >= 0.6 is 0 Å². The summed E-state index contributed by atoms with van der Waals surface area (Å²) in [6, 6.07) is 0. The molecule has 0 heterocycles. The summed E-state index contributed by atoms with van der Waals surface area (Å²) in [7, 11) is 0. The fourth-order valence-electron chi connectivity index (χ4n) is 1.92. The van der Waals surface area contributed by atoms with Crippen molar-refractivity contribution in [2.45, 2.75) is 59.3 Å². The number of allylic oxidation sites excluding steroid dienone is 2. The Labute approximate surface area is 89.8 Å². The number of rotatable bonds is 4. The van der Waals surface area contributed by atoms with E-state index in [1.807, 2.05) is 0 Å². The van der Waals surface area contributed by atoms with Crippen molar-refractivity contribution >= 4 is 0 Å². The topological polar surface area (TPSA) is 0 Å². The van der Waals surface area contributed by atoms with E-state index >= 15 is 0 Å². The molecule has 0 aromatic rings. The summed E-state index contributed by atoms with van der Waals surface area (Å²) in [5.74, 6) is 0.868. The molecule has 0 heteroatoms. The van der Waals surface area contributed by atoms with Crippen LogP contribution in [-0.2, 0) is 0 Å². The van der Waals surface area contributed by atoms with Gasteiger partial charge in [0.05, 0.1) is 0 Å². The van der Waals surface area contributed by atoms with Gasteiger partial charge < -0.3 is 0 Å². The summed E-state index contributed by atoms with van der Waals surface area (Å²) in [6.45, 7) is 6.86. The van der Waals surface area contributed by atoms with Crippen LogP contribution in [0.3, 0.4) is 0 Å². The Morgan fingerprint density at radius 3 is 2.36 bits per heavy atom. The van der Waals surface area contributed by atoms with Gasteiger partial charge in [-0.15, -0.1) is 0 Å². The van der Waals surface area contributed by atoms with E-state index in [-0.39, 0.29) is 0 Å². The van der Waals surface area contributed by atoms with Crippen LogP contribution in [0.4, 0.5) is 0 Å². The molecule has 0 amide bonds. The summed E-state index contributed by atoms with van der Waals surface area (Å²) in [4.78, 5) is 0. The van der Waals surface area contributed by atoms with Crippen LogP contribution in [0, 0.1) is 17.8 Å². The highest BCUT2D eigenvalue weighted by Gasteiger charge is 2.14. The van der Waals surface area contributed by atoms with Crippen molar-refractivity contribution in [3.63, 3.8) is 0 Å². The maximum absolute atomic E-state index is 2.43. The third-order valence-electron chi connectivity index (χ3n) is 3.49. The Kier molecular flexibility index (Phi) is 4.71. The van der Waals surface area contributed by atoms with Crippen LogP contribution in [0.2, 0.25) is 0 Å². The Morgan fingerprint density at radius 2 is 1.79 bits per heavy atom. The summed E-state index contributed by atoms with van der Waals surface area (Å²) < 4.78 is 0. The second-order valence-electron chi connectivity index (χ2n) is 5.29. The maximum atomic E-state index is 2.43. The van der Waals surface area contributed by atoms with Crippen LogP contribution in [-0.4, -0.2) is 0 Å². The molecule has 1 saturated carbocycles. The lowest BCUT2D eigenvalue weighted by molar-refractivity contribution is 0.414. The van der Waals surface area contributed by atoms with Crippen molar-refractivity contribution in [3.8, 4) is 0 Å². The molecule has 0 atom stereocenters. The molecule has 0 aromatic heterocycles. The molecule has 0 unspecified atom stereocenters. The van der Waals surface area contributed by atoms with E-state index in [0.29, 0.717) is 5.41 Å². The van der Waals surface area contributed by atoms with Crippen molar-refractivity contribution in [1.82, 2.24) is 0 Å². The summed E-state index contributed by atoms with van der Waals surface area (Å²) >= 11 is 0. The molecule has 0 nitrogen and oxygen atoms in total. The molecular formula is C14H25. The van der Waals surface area contributed by atoms with Gasteiger partial charge >= 0.3 is 0 Å². The number of hydrogen-bond donors (Lipinski definition) is 0. The molecule has 0 aliphatic heterocycles. The first-order valence-electron chi connectivity index (χ1n) is 6.17. The maximum Gasteiger partial charge on any atom is -0.0114 e. The van der Waals surface area contributed by atoms with Gasteiger partial charge in [-0.05, 0) is 30.6 Å². The lowest BCUT2D eigenvalue weighted by Gasteiger charge is -2.21. The predicted molar refractivity (Wildman–Crippen MR) is 64.1 cm³/mol. The molecule has 81 valence electrons. The molecule has 1 aliphatic carbocycles. The molecule has 0 aromatic carbocycles. The first kappa shape index (κ1) is 11.8. The Morgan fingerprint density at radius 1 is 1.14 bits per heavy atom. The Balaban J connectivity index is 2.25. The molecule has 1 rings (SSSR count). The van der Waals surface area contributed by atoms with E-state index in [1.54, 1.807) is 0 Å². The highest BCUT2D eigenvalue weighted by Crippen LogP contribution is 2.27. The minimum Gasteiger partial charge on any atom is -0.0851 e. The van der Waals surface area contributed by atoms with Crippen molar-refractivity contribution in [1.29, 1.82) is 0 Å². The fourth-order valence-corrected chi connectivity index (χ4v) is 1.92. The van der Waals surface area contributed by atoms with Gasteiger partial charge in [-0.2, -0.15) is 0 Å². The van der Waals surface area contributed by atoms with E-state index in [4.69, 9.17) is 0 Å². The minimum absolute atomic E-state index is 0.380. The second-order valence-corrected chi connectivity index (χ2v) is 5.29. The van der Waals surface area contributed by atoms with Crippen molar-refractivity contribution in [2.75, 3.05) is 0 Å². The van der Waals surface area contributed by atoms with Gasteiger partial charge in [-0.25, -0.2) is 0 Å². The van der Waals surface area contributed by atoms with Crippen LogP contribution in [0.1, 0.15) is 59.3 Å². The highest BCUT2D eigenvalue weighted by atomic mass is 14.2. The van der Waals surface area contributed by atoms with Gasteiger partial charge in [0, 0.05) is 0 Å². The minimum atomic E-state index is 0.380. The lowest BCUT2D eigenvalue weighted by atomic mass is 9.84. The quantitative estimate of drug-likeness (QED) is 0.603. The zero-order valence-corrected chi connectivity index (χ0v) is 10.1. The molecule has 0 spiro atoms. The number of hydrogen-bond acceptors (Lipinski definition) is 0. The standard InChI is InChI=1S/C14H25/c1-4-14(2,3)12-8-11-13-9-6-5-7-10-13/h8,11-13H,4-7,9-10H2,1-3H3/b11-8+. The van der Waals surface area contributed by atoms with Crippen molar-refractivity contribution < 1.29 is 0 Å². The van der Waals surface area contributed by atoms with Crippen LogP contribution in [0.5, 0.6) is 0 Å². The highest BCUT2D eigenvalue weighted by molar-refractivity contribution is 5.04. The van der Waals surface area contributed by atoms with E-state index in [9.17, 15) is 0 Å². The Hall–Kier alpha value is -0.260. The average molecular weight is 193 g/mol. The van der Waals surface area contributed by atoms with E-state index in [0.717, 1.165) is 5.92 Å². The molecule has 0 bridgehead atoms. The van der Waals surface area contributed by atoms with Crippen LogP contribution in [0.25, 0.3) is 0 Å². The first-order valence-corrected chi connectivity index (χ1v) is 6.17. The molecule has 1 fully saturated rings. The third kappa shape index (κ3) is 4.30.